The second-order valence-electron chi connectivity index (χ2n) is 5.46. The Morgan fingerprint density at radius 1 is 1.21 bits per heavy atom. The van der Waals surface area contributed by atoms with Crippen LogP contribution in [0.25, 0.3) is 0 Å². The molecule has 0 bridgehead atoms. The van der Waals surface area contributed by atoms with Gasteiger partial charge < -0.3 is 10.2 Å². The first-order chi connectivity index (χ1) is 6.74. The molecule has 2 rings (SSSR count). The topological polar surface area (TPSA) is 15.3 Å². The van der Waals surface area contributed by atoms with Crippen molar-refractivity contribution >= 4 is 0 Å². The van der Waals surface area contributed by atoms with Crippen molar-refractivity contribution in [3.8, 4) is 0 Å². The highest BCUT2D eigenvalue weighted by Gasteiger charge is 2.24. The lowest BCUT2D eigenvalue weighted by molar-refractivity contribution is 0.131. The molecule has 3 unspecified atom stereocenters. The van der Waals surface area contributed by atoms with Crippen molar-refractivity contribution < 1.29 is 0 Å². The fourth-order valence-corrected chi connectivity index (χ4v) is 3.17. The van der Waals surface area contributed by atoms with Gasteiger partial charge in [-0.2, -0.15) is 0 Å². The summed E-state index contributed by atoms with van der Waals surface area (Å²) in [6.07, 6.45) is 4.19. The van der Waals surface area contributed by atoms with Crippen molar-refractivity contribution in [1.82, 2.24) is 10.2 Å². The molecule has 0 radical (unpaired) electrons. The number of nitrogens with one attached hydrogen (secondary N) is 1. The van der Waals surface area contributed by atoms with Crippen molar-refractivity contribution in [2.75, 3.05) is 26.2 Å². The lowest BCUT2D eigenvalue weighted by Gasteiger charge is -2.36. The molecule has 2 heteroatoms. The molecule has 0 aromatic carbocycles. The Hall–Kier alpha value is -0.0800. The monoisotopic (exact) mass is 196 g/mol. The summed E-state index contributed by atoms with van der Waals surface area (Å²) in [5, 5.41) is 3.59. The number of nitrogens with zero attached hydrogens (tertiary/aromatic N) is 1. The van der Waals surface area contributed by atoms with Crippen LogP contribution in [0.1, 0.15) is 33.1 Å². The number of hydrogen-bond donors (Lipinski definition) is 1. The minimum absolute atomic E-state index is 0.785. The molecule has 2 heterocycles. The highest BCUT2D eigenvalue weighted by Crippen LogP contribution is 2.21. The van der Waals surface area contributed by atoms with E-state index in [-0.39, 0.29) is 0 Å². The van der Waals surface area contributed by atoms with Crippen LogP contribution < -0.4 is 5.32 Å². The summed E-state index contributed by atoms with van der Waals surface area (Å²) >= 11 is 0. The Balaban J connectivity index is 1.78. The minimum atomic E-state index is 0.785. The average Bonchev–Trinajstić information content (AvgIpc) is 2.54. The van der Waals surface area contributed by atoms with Crippen LogP contribution in [0.3, 0.4) is 0 Å². The van der Waals surface area contributed by atoms with Gasteiger partial charge in [0, 0.05) is 25.7 Å². The molecule has 2 nitrogen and oxygen atoms in total. The van der Waals surface area contributed by atoms with Gasteiger partial charge in [-0.3, -0.25) is 0 Å². The fraction of sp³-hybridized carbons (Fsp3) is 1.00. The first-order valence-electron chi connectivity index (χ1n) is 6.20. The van der Waals surface area contributed by atoms with E-state index < -0.39 is 0 Å². The van der Waals surface area contributed by atoms with E-state index in [2.05, 4.69) is 24.1 Å². The molecule has 14 heavy (non-hydrogen) atoms. The summed E-state index contributed by atoms with van der Waals surface area (Å²) in [6.45, 7) is 9.96. The van der Waals surface area contributed by atoms with E-state index >= 15 is 0 Å². The molecule has 2 aliphatic heterocycles. The van der Waals surface area contributed by atoms with E-state index in [1.54, 1.807) is 0 Å². The molecule has 3 atom stereocenters. The first kappa shape index (κ1) is 10.4. The SMILES string of the molecule is CC1CC(C)CN(CC2CCCN2)C1. The Morgan fingerprint density at radius 3 is 2.50 bits per heavy atom. The van der Waals surface area contributed by atoms with Gasteiger partial charge in [-0.05, 0) is 37.6 Å². The molecule has 0 aliphatic carbocycles. The zero-order chi connectivity index (χ0) is 9.97. The van der Waals surface area contributed by atoms with Crippen molar-refractivity contribution in [3.05, 3.63) is 0 Å². The molecule has 2 aliphatic rings. The number of piperidine rings is 1. The third-order valence-electron chi connectivity index (χ3n) is 3.59. The highest BCUT2D eigenvalue weighted by molar-refractivity contribution is 4.82. The Kier molecular flexibility index (Phi) is 3.45. The van der Waals surface area contributed by atoms with Crippen molar-refractivity contribution in [1.29, 1.82) is 0 Å². The quantitative estimate of drug-likeness (QED) is 0.723. The summed E-state index contributed by atoms with van der Waals surface area (Å²) in [5.74, 6) is 1.81. The third-order valence-corrected chi connectivity index (χ3v) is 3.59. The number of likely N-dealkylation sites (tertiary alicyclic amines) is 1. The van der Waals surface area contributed by atoms with Crippen LogP contribution in [0.5, 0.6) is 0 Å². The molecule has 0 aromatic heterocycles. The number of rotatable bonds is 2. The van der Waals surface area contributed by atoms with Crippen molar-refractivity contribution in [2.45, 2.75) is 39.2 Å². The van der Waals surface area contributed by atoms with Crippen LogP contribution >= 0.6 is 0 Å². The van der Waals surface area contributed by atoms with Gasteiger partial charge in [0.2, 0.25) is 0 Å². The van der Waals surface area contributed by atoms with Crippen molar-refractivity contribution in [3.63, 3.8) is 0 Å². The van der Waals surface area contributed by atoms with Crippen LogP contribution in [-0.2, 0) is 0 Å². The smallest absolute Gasteiger partial charge is 0.0195 e. The zero-order valence-corrected chi connectivity index (χ0v) is 9.63. The van der Waals surface area contributed by atoms with E-state index in [4.69, 9.17) is 0 Å². The molecular formula is C12H24N2. The zero-order valence-electron chi connectivity index (χ0n) is 9.63. The fourth-order valence-electron chi connectivity index (χ4n) is 3.17. The molecule has 82 valence electrons. The predicted molar refractivity (Wildman–Crippen MR) is 60.4 cm³/mol. The summed E-state index contributed by atoms with van der Waals surface area (Å²) in [7, 11) is 0. The summed E-state index contributed by atoms with van der Waals surface area (Å²) in [6, 6.07) is 0.785. The van der Waals surface area contributed by atoms with Gasteiger partial charge >= 0.3 is 0 Å². The van der Waals surface area contributed by atoms with E-state index in [0.29, 0.717) is 0 Å². The van der Waals surface area contributed by atoms with Crippen LogP contribution in [0.4, 0.5) is 0 Å². The standard InChI is InChI=1S/C12H24N2/c1-10-6-11(2)8-14(7-10)9-12-4-3-5-13-12/h10-13H,3-9H2,1-2H3. The van der Waals surface area contributed by atoms with Gasteiger partial charge in [0.1, 0.15) is 0 Å². The van der Waals surface area contributed by atoms with E-state index in [9.17, 15) is 0 Å². The van der Waals surface area contributed by atoms with Gasteiger partial charge in [-0.15, -0.1) is 0 Å². The average molecular weight is 196 g/mol. The number of hydrogen-bond acceptors (Lipinski definition) is 2. The second kappa shape index (κ2) is 4.63. The molecule has 0 saturated carbocycles. The molecule has 2 fully saturated rings. The Morgan fingerprint density at radius 2 is 1.93 bits per heavy atom. The van der Waals surface area contributed by atoms with Crippen molar-refractivity contribution in [2.24, 2.45) is 11.8 Å². The van der Waals surface area contributed by atoms with Gasteiger partial charge in [0.15, 0.2) is 0 Å². The van der Waals surface area contributed by atoms with E-state index in [1.807, 2.05) is 0 Å². The summed E-state index contributed by atoms with van der Waals surface area (Å²) in [4.78, 5) is 2.67. The molecular weight excluding hydrogens is 172 g/mol. The molecule has 0 spiro atoms. The normalized spacial score (nSPS) is 40.3. The maximum absolute atomic E-state index is 3.59. The van der Waals surface area contributed by atoms with Gasteiger partial charge in [0.25, 0.3) is 0 Å². The highest BCUT2D eigenvalue weighted by atomic mass is 15.2. The lowest BCUT2D eigenvalue weighted by atomic mass is 9.91. The third kappa shape index (κ3) is 2.71. The van der Waals surface area contributed by atoms with Gasteiger partial charge in [-0.25, -0.2) is 0 Å². The maximum Gasteiger partial charge on any atom is 0.0195 e. The van der Waals surface area contributed by atoms with Gasteiger partial charge in [0.05, 0.1) is 0 Å². The van der Waals surface area contributed by atoms with Crippen LogP contribution in [0.2, 0.25) is 0 Å². The van der Waals surface area contributed by atoms with Crippen LogP contribution in [0.15, 0.2) is 0 Å². The molecule has 2 saturated heterocycles. The Bertz CT molecular complexity index is 165. The minimum Gasteiger partial charge on any atom is -0.313 e. The Labute approximate surface area is 88.1 Å². The molecule has 1 N–H and O–H groups in total. The van der Waals surface area contributed by atoms with E-state index in [1.165, 1.54) is 45.4 Å². The van der Waals surface area contributed by atoms with Crippen LogP contribution in [-0.4, -0.2) is 37.1 Å². The maximum atomic E-state index is 3.59. The lowest BCUT2D eigenvalue weighted by Crippen LogP contribution is -2.44. The van der Waals surface area contributed by atoms with Crippen LogP contribution in [0, 0.1) is 11.8 Å². The largest absolute Gasteiger partial charge is 0.313 e. The molecule has 0 amide bonds. The summed E-state index contributed by atoms with van der Waals surface area (Å²) in [5.41, 5.74) is 0. The second-order valence-corrected chi connectivity index (χ2v) is 5.46. The summed E-state index contributed by atoms with van der Waals surface area (Å²) < 4.78 is 0. The predicted octanol–water partition coefficient (Wildman–Crippen LogP) is 1.72. The van der Waals surface area contributed by atoms with Gasteiger partial charge in [-0.1, -0.05) is 13.8 Å². The first-order valence-corrected chi connectivity index (χ1v) is 6.20. The van der Waals surface area contributed by atoms with E-state index in [0.717, 1.165) is 17.9 Å². The molecule has 0 aromatic rings.